The van der Waals surface area contributed by atoms with E-state index in [2.05, 4.69) is 30.0 Å². The van der Waals surface area contributed by atoms with Gasteiger partial charge in [-0.2, -0.15) is 0 Å². The monoisotopic (exact) mass is 266 g/mol. The second-order valence-electron chi connectivity index (χ2n) is 2.87. The first-order chi connectivity index (χ1) is 6.44. The predicted octanol–water partition coefficient (Wildman–Crippen LogP) is 1.98. The van der Waals surface area contributed by atoms with Crippen LogP contribution in [0, 0.1) is 0 Å². The smallest absolute Gasteiger partial charge is 0.179 e. The molecule has 3 N–H and O–H groups in total. The molecule has 1 heterocycles. The average molecular weight is 267 g/mol. The molecule has 0 amide bonds. The van der Waals surface area contributed by atoms with Crippen LogP contribution in [0.25, 0.3) is 0 Å². The number of hydrogen-bond acceptors (Lipinski definition) is 4. The van der Waals surface area contributed by atoms with Crippen molar-refractivity contribution in [1.29, 1.82) is 0 Å². The Morgan fingerprint density at radius 1 is 1.50 bits per heavy atom. The summed E-state index contributed by atoms with van der Waals surface area (Å²) in [6, 6.07) is 3.29. The highest BCUT2D eigenvalue weighted by molar-refractivity contribution is 8.17. The van der Waals surface area contributed by atoms with Crippen LogP contribution in [0.1, 0.15) is 5.56 Å². The number of halogens is 1. The summed E-state index contributed by atoms with van der Waals surface area (Å²) in [5, 5.41) is 0.456. The molecule has 76 valence electrons. The Morgan fingerprint density at radius 3 is 2.71 bits per heavy atom. The van der Waals surface area contributed by atoms with Crippen molar-refractivity contribution in [3.8, 4) is 0 Å². The van der Waals surface area contributed by atoms with Crippen LogP contribution in [0.2, 0.25) is 5.02 Å². The molecule has 0 bridgehead atoms. The molecule has 0 saturated carbocycles. The highest BCUT2D eigenvalue weighted by Gasteiger charge is 2.42. The maximum atomic E-state index is 11.6. The van der Waals surface area contributed by atoms with Gasteiger partial charge in [0, 0.05) is 10.6 Å². The molecule has 0 aromatic heterocycles. The molecule has 14 heavy (non-hydrogen) atoms. The van der Waals surface area contributed by atoms with Crippen molar-refractivity contribution < 1.29 is 4.21 Å². The minimum absolute atomic E-state index is 0.456. The second kappa shape index (κ2) is 3.23. The van der Waals surface area contributed by atoms with Crippen LogP contribution in [0.3, 0.4) is 0 Å². The Kier molecular flexibility index (Phi) is 2.42. The SMILES string of the molecule is Nc1ccc(Cl)c2c1NS(=O)C2(S)S. The van der Waals surface area contributed by atoms with E-state index in [1.807, 2.05) is 0 Å². The Morgan fingerprint density at radius 2 is 2.14 bits per heavy atom. The maximum absolute atomic E-state index is 11.6. The lowest BCUT2D eigenvalue weighted by molar-refractivity contribution is 0.685. The van der Waals surface area contributed by atoms with E-state index in [1.165, 1.54) is 0 Å². The van der Waals surface area contributed by atoms with Gasteiger partial charge < -0.3 is 10.5 Å². The van der Waals surface area contributed by atoms with Gasteiger partial charge >= 0.3 is 0 Å². The van der Waals surface area contributed by atoms with Crippen LogP contribution < -0.4 is 10.5 Å². The summed E-state index contributed by atoms with van der Waals surface area (Å²) in [5.74, 6) is 0. The van der Waals surface area contributed by atoms with Gasteiger partial charge in [-0.15, -0.1) is 25.3 Å². The fourth-order valence-corrected chi connectivity index (χ4v) is 3.45. The average Bonchev–Trinajstić information content (AvgIpc) is 2.33. The number of anilines is 2. The molecule has 0 fully saturated rings. The Labute approximate surface area is 99.8 Å². The third-order valence-electron chi connectivity index (χ3n) is 1.97. The molecule has 1 atom stereocenters. The van der Waals surface area contributed by atoms with Crippen molar-refractivity contribution in [3.63, 3.8) is 0 Å². The number of benzene rings is 1. The number of fused-ring (bicyclic) bond motifs is 1. The molecule has 0 saturated heterocycles. The van der Waals surface area contributed by atoms with Gasteiger partial charge in [-0.25, -0.2) is 4.21 Å². The molecule has 0 aliphatic carbocycles. The summed E-state index contributed by atoms with van der Waals surface area (Å²) in [7, 11) is -1.44. The topological polar surface area (TPSA) is 55.1 Å². The van der Waals surface area contributed by atoms with Crippen molar-refractivity contribution in [2.24, 2.45) is 0 Å². The number of thiol groups is 2. The van der Waals surface area contributed by atoms with E-state index in [1.54, 1.807) is 12.1 Å². The van der Waals surface area contributed by atoms with Crippen LogP contribution in [-0.4, -0.2) is 4.21 Å². The number of rotatable bonds is 0. The van der Waals surface area contributed by atoms with Gasteiger partial charge in [0.25, 0.3) is 0 Å². The summed E-state index contributed by atoms with van der Waals surface area (Å²) in [5.41, 5.74) is 7.32. The summed E-state index contributed by atoms with van der Waals surface area (Å²) < 4.78 is 13.2. The zero-order chi connectivity index (χ0) is 10.5. The summed E-state index contributed by atoms with van der Waals surface area (Å²) >= 11 is 14.4. The van der Waals surface area contributed by atoms with Gasteiger partial charge in [-0.1, -0.05) is 11.6 Å². The molecule has 2 rings (SSSR count). The van der Waals surface area contributed by atoms with Crippen molar-refractivity contribution in [2.45, 2.75) is 3.41 Å². The van der Waals surface area contributed by atoms with E-state index >= 15 is 0 Å². The molecule has 1 aromatic carbocycles. The van der Waals surface area contributed by atoms with Crippen LogP contribution >= 0.6 is 36.9 Å². The highest BCUT2D eigenvalue weighted by Crippen LogP contribution is 2.51. The Balaban J connectivity index is 2.76. The Bertz CT molecular complexity index is 435. The zero-order valence-electron chi connectivity index (χ0n) is 6.82. The molecule has 3 nitrogen and oxygen atoms in total. The van der Waals surface area contributed by atoms with Gasteiger partial charge in [-0.3, -0.25) is 0 Å². The Hall–Kier alpha value is -0.0400. The van der Waals surface area contributed by atoms with E-state index < -0.39 is 14.4 Å². The normalized spacial score (nSPS) is 22.9. The van der Waals surface area contributed by atoms with E-state index in [9.17, 15) is 4.21 Å². The quantitative estimate of drug-likeness (QED) is 0.330. The maximum Gasteiger partial charge on any atom is 0.179 e. The third kappa shape index (κ3) is 1.32. The molecule has 0 radical (unpaired) electrons. The molecule has 0 spiro atoms. The molecule has 1 aliphatic rings. The molecular weight excluding hydrogens is 260 g/mol. The number of nitrogens with one attached hydrogen (secondary N) is 1. The zero-order valence-corrected chi connectivity index (χ0v) is 10.2. The largest absolute Gasteiger partial charge is 0.397 e. The van der Waals surface area contributed by atoms with E-state index in [0.717, 1.165) is 0 Å². The predicted molar refractivity (Wildman–Crippen MR) is 67.3 cm³/mol. The molecule has 1 unspecified atom stereocenters. The molecule has 1 aromatic rings. The minimum atomic E-state index is -1.44. The van der Waals surface area contributed by atoms with Gasteiger partial charge in [0.2, 0.25) is 0 Å². The summed E-state index contributed by atoms with van der Waals surface area (Å²) in [6.07, 6.45) is 0. The molecule has 1 aliphatic heterocycles. The van der Waals surface area contributed by atoms with E-state index in [4.69, 9.17) is 17.3 Å². The van der Waals surface area contributed by atoms with Crippen LogP contribution in [0.4, 0.5) is 11.4 Å². The number of nitrogen functional groups attached to an aromatic ring is 1. The number of hydrogen-bond donors (Lipinski definition) is 4. The van der Waals surface area contributed by atoms with Crippen LogP contribution in [0.15, 0.2) is 12.1 Å². The van der Waals surface area contributed by atoms with E-state index in [-0.39, 0.29) is 0 Å². The van der Waals surface area contributed by atoms with Crippen LogP contribution in [0.5, 0.6) is 0 Å². The fraction of sp³-hybridized carbons (Fsp3) is 0.143. The van der Waals surface area contributed by atoms with Crippen LogP contribution in [-0.2, 0) is 14.4 Å². The minimum Gasteiger partial charge on any atom is -0.397 e. The van der Waals surface area contributed by atoms with Crippen molar-refractivity contribution >= 4 is 59.2 Å². The first-order valence-electron chi connectivity index (χ1n) is 3.66. The summed E-state index contributed by atoms with van der Waals surface area (Å²) in [6.45, 7) is 0. The van der Waals surface area contributed by atoms with Gasteiger partial charge in [0.15, 0.2) is 3.41 Å². The summed E-state index contributed by atoms with van der Waals surface area (Å²) in [4.78, 5) is 0. The van der Waals surface area contributed by atoms with Gasteiger partial charge in [-0.05, 0) is 12.1 Å². The van der Waals surface area contributed by atoms with Crippen molar-refractivity contribution in [2.75, 3.05) is 10.5 Å². The second-order valence-corrected chi connectivity index (χ2v) is 6.93. The third-order valence-corrected chi connectivity index (χ3v) is 4.83. The lowest BCUT2D eigenvalue weighted by Gasteiger charge is -2.14. The first kappa shape index (κ1) is 10.5. The van der Waals surface area contributed by atoms with Gasteiger partial charge in [0.1, 0.15) is 11.0 Å². The van der Waals surface area contributed by atoms with Crippen molar-refractivity contribution in [1.82, 2.24) is 0 Å². The van der Waals surface area contributed by atoms with Gasteiger partial charge in [0.05, 0.1) is 11.4 Å². The molecular formula is C7H7ClN2OS3. The lowest BCUT2D eigenvalue weighted by Crippen LogP contribution is -2.14. The fourth-order valence-electron chi connectivity index (χ4n) is 1.28. The standard InChI is InChI=1S/C7H7ClN2OS3/c8-3-1-2-4(9)6-5(3)7(12,13)14(11)10-6/h1-2,10,12-13H,9H2. The first-order valence-corrected chi connectivity index (χ1v) is 6.08. The number of nitrogens with two attached hydrogens (primary N) is 1. The van der Waals surface area contributed by atoms with E-state index in [0.29, 0.717) is 22.0 Å². The highest BCUT2D eigenvalue weighted by atomic mass is 35.5. The molecule has 7 heteroatoms. The lowest BCUT2D eigenvalue weighted by atomic mass is 10.1. The van der Waals surface area contributed by atoms with Crippen molar-refractivity contribution in [3.05, 3.63) is 22.7 Å².